The molecule has 0 spiro atoms. The van der Waals surface area contributed by atoms with E-state index in [-0.39, 0.29) is 12.2 Å². The first kappa shape index (κ1) is 15.4. The Balaban J connectivity index is 2.20. The predicted octanol–water partition coefficient (Wildman–Crippen LogP) is 4.88. The lowest BCUT2D eigenvalue weighted by atomic mass is 10.2. The molecule has 0 aliphatic heterocycles. The van der Waals surface area contributed by atoms with Gasteiger partial charge in [0.1, 0.15) is 17.9 Å². The monoisotopic (exact) mass is 422 g/mol. The lowest BCUT2D eigenvalue weighted by Gasteiger charge is -2.10. The van der Waals surface area contributed by atoms with Crippen LogP contribution < -0.4 is 4.74 Å². The Morgan fingerprint density at radius 3 is 2.60 bits per heavy atom. The highest BCUT2D eigenvalue weighted by atomic mass is 127. The quantitative estimate of drug-likeness (QED) is 0.714. The average Bonchev–Trinajstić information content (AvgIpc) is 2.38. The molecule has 0 amide bonds. The lowest BCUT2D eigenvalue weighted by Crippen LogP contribution is -2.04. The van der Waals surface area contributed by atoms with E-state index in [0.29, 0.717) is 15.8 Å². The molecule has 20 heavy (non-hydrogen) atoms. The standard InChI is InChI=1S/C14H9Cl2IO3/c15-9-2-1-8(12(16)5-9)7-20-13-4-3-10(17)6-11(13)14(18)19/h1-6H,7H2,(H,18,19). The van der Waals surface area contributed by atoms with Gasteiger partial charge in [-0.3, -0.25) is 0 Å². The molecule has 0 saturated heterocycles. The summed E-state index contributed by atoms with van der Waals surface area (Å²) in [5.41, 5.74) is 0.868. The first-order valence-electron chi connectivity index (χ1n) is 5.57. The summed E-state index contributed by atoms with van der Waals surface area (Å²) < 4.78 is 6.38. The maximum Gasteiger partial charge on any atom is 0.339 e. The van der Waals surface area contributed by atoms with Crippen LogP contribution in [0.3, 0.4) is 0 Å². The van der Waals surface area contributed by atoms with Crippen LogP contribution in [0.25, 0.3) is 0 Å². The van der Waals surface area contributed by atoms with Gasteiger partial charge in [0, 0.05) is 19.2 Å². The maximum atomic E-state index is 11.2. The Labute approximate surface area is 139 Å². The van der Waals surface area contributed by atoms with E-state index in [0.717, 1.165) is 9.13 Å². The van der Waals surface area contributed by atoms with Crippen molar-refractivity contribution < 1.29 is 14.6 Å². The second-order valence-corrected chi connectivity index (χ2v) is 6.06. The molecule has 104 valence electrons. The normalized spacial score (nSPS) is 10.3. The summed E-state index contributed by atoms with van der Waals surface area (Å²) in [5.74, 6) is -0.718. The Morgan fingerprint density at radius 1 is 1.20 bits per heavy atom. The second-order valence-electron chi connectivity index (χ2n) is 3.97. The van der Waals surface area contributed by atoms with Crippen molar-refractivity contribution in [2.75, 3.05) is 0 Å². The van der Waals surface area contributed by atoms with Crippen LogP contribution in [0.2, 0.25) is 10.0 Å². The topological polar surface area (TPSA) is 46.5 Å². The molecule has 1 N–H and O–H groups in total. The Bertz CT molecular complexity index is 659. The van der Waals surface area contributed by atoms with E-state index in [4.69, 9.17) is 33.0 Å². The fourth-order valence-electron chi connectivity index (χ4n) is 1.59. The highest BCUT2D eigenvalue weighted by Crippen LogP contribution is 2.25. The van der Waals surface area contributed by atoms with Gasteiger partial charge < -0.3 is 9.84 Å². The molecule has 2 aromatic carbocycles. The largest absolute Gasteiger partial charge is 0.488 e. The van der Waals surface area contributed by atoms with Gasteiger partial charge in [0.05, 0.1) is 0 Å². The van der Waals surface area contributed by atoms with Gasteiger partial charge in [0.25, 0.3) is 0 Å². The summed E-state index contributed by atoms with van der Waals surface area (Å²) in [7, 11) is 0. The average molecular weight is 423 g/mol. The van der Waals surface area contributed by atoms with Gasteiger partial charge in [0.15, 0.2) is 0 Å². The van der Waals surface area contributed by atoms with Crippen LogP contribution in [0.1, 0.15) is 15.9 Å². The molecule has 2 aromatic rings. The Kier molecular flexibility index (Phi) is 5.12. The molecule has 2 rings (SSSR count). The number of benzene rings is 2. The van der Waals surface area contributed by atoms with Crippen molar-refractivity contribution in [2.24, 2.45) is 0 Å². The zero-order chi connectivity index (χ0) is 14.7. The van der Waals surface area contributed by atoms with Crippen LogP contribution in [0.15, 0.2) is 36.4 Å². The first-order valence-corrected chi connectivity index (χ1v) is 7.40. The number of rotatable bonds is 4. The SMILES string of the molecule is O=C(O)c1cc(I)ccc1OCc1ccc(Cl)cc1Cl. The minimum absolute atomic E-state index is 0.127. The van der Waals surface area contributed by atoms with Gasteiger partial charge in [-0.1, -0.05) is 29.3 Å². The summed E-state index contributed by atoms with van der Waals surface area (Å²) in [4.78, 5) is 11.2. The number of ether oxygens (including phenoxy) is 1. The summed E-state index contributed by atoms with van der Waals surface area (Å²) >= 11 is 13.9. The summed E-state index contributed by atoms with van der Waals surface area (Å²) in [6.07, 6.45) is 0. The molecule has 0 radical (unpaired) electrons. The van der Waals surface area contributed by atoms with Gasteiger partial charge >= 0.3 is 5.97 Å². The van der Waals surface area contributed by atoms with Gasteiger partial charge in [-0.05, 0) is 52.9 Å². The third kappa shape index (κ3) is 3.77. The molecule has 0 heterocycles. The summed E-state index contributed by atoms with van der Waals surface area (Å²) in [6.45, 7) is 0.177. The van der Waals surface area contributed by atoms with Crippen molar-refractivity contribution in [1.82, 2.24) is 0 Å². The summed E-state index contributed by atoms with van der Waals surface area (Å²) in [6, 6.07) is 10.0. The van der Waals surface area contributed by atoms with E-state index in [1.54, 1.807) is 36.4 Å². The van der Waals surface area contributed by atoms with Gasteiger partial charge in [-0.25, -0.2) is 4.79 Å². The number of aromatic carboxylic acids is 1. The molecule has 0 saturated carbocycles. The molecule has 0 bridgehead atoms. The molecule has 0 aliphatic rings. The van der Waals surface area contributed by atoms with E-state index in [1.165, 1.54) is 0 Å². The number of carboxylic acids is 1. The smallest absolute Gasteiger partial charge is 0.339 e. The van der Waals surface area contributed by atoms with Crippen molar-refractivity contribution >= 4 is 51.8 Å². The predicted molar refractivity (Wildman–Crippen MR) is 86.9 cm³/mol. The van der Waals surface area contributed by atoms with Crippen LogP contribution in [0.4, 0.5) is 0 Å². The van der Waals surface area contributed by atoms with Crippen LogP contribution in [0, 0.1) is 3.57 Å². The van der Waals surface area contributed by atoms with Crippen LogP contribution in [-0.4, -0.2) is 11.1 Å². The van der Waals surface area contributed by atoms with Crippen molar-refractivity contribution in [3.63, 3.8) is 0 Å². The zero-order valence-corrected chi connectivity index (χ0v) is 13.7. The molecule has 0 unspecified atom stereocenters. The molecule has 0 aliphatic carbocycles. The van der Waals surface area contributed by atoms with Crippen LogP contribution in [-0.2, 0) is 6.61 Å². The van der Waals surface area contributed by atoms with E-state index in [9.17, 15) is 4.79 Å². The van der Waals surface area contributed by atoms with Crippen molar-refractivity contribution in [3.8, 4) is 5.75 Å². The number of carboxylic acid groups (broad SMARTS) is 1. The Hall–Kier alpha value is -0.980. The minimum atomic E-state index is -1.03. The maximum absolute atomic E-state index is 11.2. The van der Waals surface area contributed by atoms with Crippen LogP contribution in [0.5, 0.6) is 5.75 Å². The van der Waals surface area contributed by atoms with E-state index in [1.807, 2.05) is 22.6 Å². The third-order valence-electron chi connectivity index (χ3n) is 2.57. The number of carbonyl (C=O) groups is 1. The number of hydrogen-bond donors (Lipinski definition) is 1. The molecule has 0 atom stereocenters. The van der Waals surface area contributed by atoms with Gasteiger partial charge in [-0.2, -0.15) is 0 Å². The first-order chi connectivity index (χ1) is 9.47. The second kappa shape index (κ2) is 6.65. The molecular formula is C14H9Cl2IO3. The molecule has 6 heteroatoms. The van der Waals surface area contributed by atoms with E-state index >= 15 is 0 Å². The van der Waals surface area contributed by atoms with Crippen molar-refractivity contribution in [3.05, 3.63) is 61.1 Å². The number of halogens is 3. The lowest BCUT2D eigenvalue weighted by molar-refractivity contribution is 0.0691. The van der Waals surface area contributed by atoms with Crippen molar-refractivity contribution in [2.45, 2.75) is 6.61 Å². The fraction of sp³-hybridized carbons (Fsp3) is 0.0714. The molecule has 0 fully saturated rings. The van der Waals surface area contributed by atoms with Crippen molar-refractivity contribution in [1.29, 1.82) is 0 Å². The van der Waals surface area contributed by atoms with Gasteiger partial charge in [-0.15, -0.1) is 0 Å². The molecular weight excluding hydrogens is 414 g/mol. The van der Waals surface area contributed by atoms with Gasteiger partial charge in [0.2, 0.25) is 0 Å². The summed E-state index contributed by atoms with van der Waals surface area (Å²) in [5, 5.41) is 10.2. The number of hydrogen-bond acceptors (Lipinski definition) is 2. The van der Waals surface area contributed by atoms with E-state index < -0.39 is 5.97 Å². The van der Waals surface area contributed by atoms with E-state index in [2.05, 4.69) is 0 Å². The Morgan fingerprint density at radius 2 is 1.95 bits per heavy atom. The molecule has 3 nitrogen and oxygen atoms in total. The highest BCUT2D eigenvalue weighted by Gasteiger charge is 2.12. The molecule has 0 aromatic heterocycles. The fourth-order valence-corrected chi connectivity index (χ4v) is 2.54. The zero-order valence-electron chi connectivity index (χ0n) is 10.1. The highest BCUT2D eigenvalue weighted by molar-refractivity contribution is 14.1. The van der Waals surface area contributed by atoms with Crippen LogP contribution >= 0.6 is 45.8 Å². The minimum Gasteiger partial charge on any atom is -0.488 e. The third-order valence-corrected chi connectivity index (χ3v) is 3.83.